The van der Waals surface area contributed by atoms with Gasteiger partial charge in [0.2, 0.25) is 0 Å². The Bertz CT molecular complexity index is 468. The molecule has 0 aliphatic heterocycles. The number of rotatable bonds is 6. The van der Waals surface area contributed by atoms with Gasteiger partial charge in [-0.2, -0.15) is 0 Å². The van der Waals surface area contributed by atoms with Crippen LogP contribution in [-0.4, -0.2) is 24.9 Å². The molecule has 0 heterocycles. The average Bonchev–Trinajstić information content (AvgIpc) is 2.43. The number of hydrogen-bond acceptors (Lipinski definition) is 4. The van der Waals surface area contributed by atoms with Crippen molar-refractivity contribution >= 4 is 17.4 Å². The Labute approximate surface area is 111 Å². The van der Waals surface area contributed by atoms with Crippen molar-refractivity contribution in [1.29, 1.82) is 0 Å². The van der Waals surface area contributed by atoms with Gasteiger partial charge < -0.3 is 4.74 Å². The molecule has 1 rings (SSSR count). The second-order valence-electron chi connectivity index (χ2n) is 3.52. The highest BCUT2D eigenvalue weighted by molar-refractivity contribution is 7.98. The van der Waals surface area contributed by atoms with Gasteiger partial charge in [-0.3, -0.25) is 0 Å². The maximum atomic E-state index is 11.4. The zero-order valence-electron chi connectivity index (χ0n) is 10.7. The number of benzene rings is 1. The average molecular weight is 266 g/mol. The Kier molecular flexibility index (Phi) is 5.69. The first-order chi connectivity index (χ1) is 8.63. The molecule has 0 saturated heterocycles. The quantitative estimate of drug-likeness (QED) is 0.450. The Morgan fingerprint density at radius 3 is 2.83 bits per heavy atom. The van der Waals surface area contributed by atoms with E-state index in [4.69, 9.17) is 11.2 Å². The number of ether oxygens (including phenoxy) is 1. The molecular weight excluding hydrogens is 250 g/mol. The lowest BCUT2D eigenvalue weighted by Crippen LogP contribution is -2.04. The molecule has 4 nitrogen and oxygen atoms in total. The summed E-state index contributed by atoms with van der Waals surface area (Å²) in [5.74, 6) is 2.43. The second kappa shape index (κ2) is 7.04. The summed E-state index contributed by atoms with van der Waals surface area (Å²) in [6.45, 7) is 2.14. The second-order valence-corrected chi connectivity index (χ2v) is 4.37. The molecule has 1 unspecified atom stereocenters. The molecule has 0 N–H and O–H groups in total. The molecule has 18 heavy (non-hydrogen) atoms. The molecule has 1 aromatic rings. The molecule has 0 spiro atoms. The predicted molar refractivity (Wildman–Crippen MR) is 71.7 cm³/mol. The van der Waals surface area contributed by atoms with Crippen molar-refractivity contribution in [2.75, 3.05) is 20.0 Å². The van der Waals surface area contributed by atoms with Gasteiger partial charge in [-0.15, -0.1) is 18.2 Å². The third-order valence-electron chi connectivity index (χ3n) is 2.44. The van der Waals surface area contributed by atoms with Crippen molar-refractivity contribution in [2.45, 2.75) is 17.9 Å². The van der Waals surface area contributed by atoms with Gasteiger partial charge in [-0.1, -0.05) is 5.92 Å². The zero-order chi connectivity index (χ0) is 13.5. The number of nitrogens with zero attached hydrogens (tertiary/aromatic N) is 1. The topological polar surface area (TPSA) is 38.5 Å². The first kappa shape index (κ1) is 14.6. The molecule has 0 aliphatic rings. The third-order valence-corrected chi connectivity index (χ3v) is 3.26. The van der Waals surface area contributed by atoms with E-state index in [0.717, 1.165) is 10.5 Å². The van der Waals surface area contributed by atoms with Crippen LogP contribution in [0.3, 0.4) is 0 Å². The highest BCUT2D eigenvalue weighted by Crippen LogP contribution is 2.31. The predicted octanol–water partition coefficient (Wildman–Crippen LogP) is 3.09. The lowest BCUT2D eigenvalue weighted by Gasteiger charge is -2.14. The van der Waals surface area contributed by atoms with Crippen molar-refractivity contribution in [1.82, 2.24) is 0 Å². The first-order valence-corrected chi connectivity index (χ1v) is 6.60. The van der Waals surface area contributed by atoms with Crippen LogP contribution in [0, 0.1) is 17.3 Å². The summed E-state index contributed by atoms with van der Waals surface area (Å²) in [4.78, 5) is 17.5. The third kappa shape index (κ3) is 3.49. The van der Waals surface area contributed by atoms with Gasteiger partial charge in [0.15, 0.2) is 7.11 Å². The Morgan fingerprint density at radius 2 is 2.28 bits per heavy atom. The highest BCUT2D eigenvalue weighted by atomic mass is 32.2. The molecule has 1 aromatic carbocycles. The van der Waals surface area contributed by atoms with E-state index in [-0.39, 0.29) is 12.7 Å². The summed E-state index contributed by atoms with van der Waals surface area (Å²) >= 11 is 1.59. The van der Waals surface area contributed by atoms with Crippen molar-refractivity contribution < 1.29 is 14.5 Å². The summed E-state index contributed by atoms with van der Waals surface area (Å²) in [7, 11) is 1.33. The van der Waals surface area contributed by atoms with E-state index in [9.17, 15) is 4.91 Å². The van der Waals surface area contributed by atoms with Crippen LogP contribution in [0.15, 0.2) is 23.1 Å². The van der Waals surface area contributed by atoms with Crippen molar-refractivity contribution in [3.63, 3.8) is 0 Å². The lowest BCUT2D eigenvalue weighted by molar-refractivity contribution is -0.736. The van der Waals surface area contributed by atoms with Gasteiger partial charge in [0.05, 0.1) is 11.0 Å². The summed E-state index contributed by atoms with van der Waals surface area (Å²) in [6, 6.07) is 5.33. The SMILES string of the molecule is C#CCOC(C)c1cc([N+](=O)OC)ccc1SC. The van der Waals surface area contributed by atoms with E-state index >= 15 is 0 Å². The van der Waals surface area contributed by atoms with Gasteiger partial charge in [-0.25, -0.2) is 4.84 Å². The minimum absolute atomic E-state index is 0.172. The Balaban J connectivity index is 3.06. The molecule has 0 radical (unpaired) electrons. The Hall–Kier alpha value is -1.51. The molecule has 1 atom stereocenters. The molecule has 0 aromatic heterocycles. The van der Waals surface area contributed by atoms with Gasteiger partial charge >= 0.3 is 5.69 Å². The maximum absolute atomic E-state index is 11.4. The first-order valence-electron chi connectivity index (χ1n) is 5.38. The molecule has 0 fully saturated rings. The van der Waals surface area contributed by atoms with Crippen LogP contribution in [0.1, 0.15) is 18.6 Å². The smallest absolute Gasteiger partial charge is 0.317 e. The minimum Gasteiger partial charge on any atom is -0.361 e. The summed E-state index contributed by atoms with van der Waals surface area (Å²) < 4.78 is 5.48. The standard InChI is InChI=1S/C13H16NO3S/c1-5-8-17-10(2)12-9-11(14(15)16-3)6-7-13(12)18-4/h1,6-7,9-10H,8H2,2-4H3/q+1. The summed E-state index contributed by atoms with van der Waals surface area (Å²) in [6.07, 6.45) is 6.96. The van der Waals surface area contributed by atoms with Gasteiger partial charge in [0.25, 0.3) is 4.92 Å². The van der Waals surface area contributed by atoms with E-state index in [0.29, 0.717) is 10.6 Å². The number of terminal acetylenes is 1. The number of thioether (sulfide) groups is 1. The van der Waals surface area contributed by atoms with E-state index < -0.39 is 0 Å². The summed E-state index contributed by atoms with van der Waals surface area (Å²) in [5.41, 5.74) is 1.36. The molecule has 0 saturated carbocycles. The van der Waals surface area contributed by atoms with Gasteiger partial charge in [0.1, 0.15) is 6.61 Å². The van der Waals surface area contributed by atoms with Crippen LogP contribution in [0.25, 0.3) is 0 Å². The van der Waals surface area contributed by atoms with E-state index in [1.54, 1.807) is 23.9 Å². The van der Waals surface area contributed by atoms with Crippen LogP contribution >= 0.6 is 11.8 Å². The van der Waals surface area contributed by atoms with Crippen molar-refractivity contribution in [3.8, 4) is 12.3 Å². The monoisotopic (exact) mass is 266 g/mol. The molecule has 0 bridgehead atoms. The molecule has 5 heteroatoms. The van der Waals surface area contributed by atoms with E-state index in [1.807, 2.05) is 19.2 Å². The zero-order valence-corrected chi connectivity index (χ0v) is 11.5. The Morgan fingerprint density at radius 1 is 1.56 bits per heavy atom. The van der Waals surface area contributed by atoms with E-state index in [1.165, 1.54) is 7.11 Å². The fourth-order valence-electron chi connectivity index (χ4n) is 1.52. The largest absolute Gasteiger partial charge is 0.361 e. The molecule has 96 valence electrons. The van der Waals surface area contributed by atoms with Crippen molar-refractivity contribution in [3.05, 3.63) is 28.7 Å². The van der Waals surface area contributed by atoms with Crippen LogP contribution in [0.5, 0.6) is 0 Å². The van der Waals surface area contributed by atoms with Crippen molar-refractivity contribution in [2.24, 2.45) is 0 Å². The van der Waals surface area contributed by atoms with Crippen LogP contribution in [0.4, 0.5) is 5.69 Å². The van der Waals surface area contributed by atoms with Crippen LogP contribution in [0.2, 0.25) is 0 Å². The minimum atomic E-state index is -0.172. The molecule has 0 aliphatic carbocycles. The fourth-order valence-corrected chi connectivity index (χ4v) is 2.19. The van der Waals surface area contributed by atoms with Crippen LogP contribution < -0.4 is 0 Å². The fraction of sp³-hybridized carbons (Fsp3) is 0.385. The highest BCUT2D eigenvalue weighted by Gasteiger charge is 2.19. The number of hydrogen-bond donors (Lipinski definition) is 0. The van der Waals surface area contributed by atoms with Gasteiger partial charge in [0, 0.05) is 22.6 Å². The maximum Gasteiger partial charge on any atom is 0.317 e. The normalized spacial score (nSPS) is 11.7. The van der Waals surface area contributed by atoms with Gasteiger partial charge in [-0.05, 0) is 19.2 Å². The van der Waals surface area contributed by atoms with Crippen LogP contribution in [-0.2, 0) is 9.57 Å². The lowest BCUT2D eigenvalue weighted by atomic mass is 10.1. The molecular formula is C13H16NO3S+. The summed E-state index contributed by atoms with van der Waals surface area (Å²) in [5, 5.41) is 0. The van der Waals surface area contributed by atoms with E-state index in [2.05, 4.69) is 10.8 Å². The molecule has 0 amide bonds.